The third-order valence-electron chi connectivity index (χ3n) is 13.6. The summed E-state index contributed by atoms with van der Waals surface area (Å²) in [6, 6.07) is 0. The van der Waals surface area contributed by atoms with E-state index in [0.717, 1.165) is 51.4 Å². The smallest absolute Gasteiger partial charge is 0.312 e. The summed E-state index contributed by atoms with van der Waals surface area (Å²) in [5.74, 6) is 0.0207. The summed E-state index contributed by atoms with van der Waals surface area (Å²) in [7, 11) is 0. The number of hydrogen-bond donors (Lipinski definition) is 0. The van der Waals surface area contributed by atoms with Gasteiger partial charge in [0.05, 0.1) is 5.41 Å². The lowest BCUT2D eigenvalue weighted by Crippen LogP contribution is -2.64. The topological polar surface area (TPSA) is 78.9 Å². The molecule has 2 bridgehead atoms. The van der Waals surface area contributed by atoms with Crippen molar-refractivity contribution >= 4 is 17.9 Å². The van der Waals surface area contributed by atoms with Crippen LogP contribution in [0.25, 0.3) is 0 Å². The van der Waals surface area contributed by atoms with Gasteiger partial charge in [-0.3, -0.25) is 14.4 Å². The van der Waals surface area contributed by atoms with Crippen molar-refractivity contribution in [3.8, 4) is 0 Å². The number of carbonyl (C=O) groups is 3. The second kappa shape index (κ2) is 8.47. The Bertz CT molecular complexity index is 1230. The standard InChI is InChI=1S/C34H48O6/c1-20(35)38-19-32(6)24-11-14-34(8)25(31(24,5)13-12-26(32)39-21(2)36)10-9-22-23-17-29(3)18-27(40-28(29)37)30(23,4)15-16-33(22,34)7/h9-10,24-27H,11-19H2,1-8H3/t24-,25-,26+,27-,29-,30-,31+,32-,33-,34-/m1/s1. The Balaban J connectivity index is 1.44. The quantitative estimate of drug-likeness (QED) is 0.286. The highest BCUT2D eigenvalue weighted by Gasteiger charge is 2.69. The zero-order valence-electron chi connectivity index (χ0n) is 25.8. The SMILES string of the molecule is CC(=O)OC[C@]1(C)[C@@H]2CC[C@]3(C)[C@H](C=CC4=C5C[C@]6(C)C[C@@H](OC6=O)[C@]5(C)CC[C@]43C)[C@@]2(C)CC[C@@H]1OC(C)=O. The number of esters is 3. The van der Waals surface area contributed by atoms with Gasteiger partial charge in [-0.15, -0.1) is 0 Å². The lowest BCUT2D eigenvalue weighted by atomic mass is 9.35. The van der Waals surface area contributed by atoms with Crippen LogP contribution in [-0.4, -0.2) is 36.7 Å². The molecule has 0 aromatic heterocycles. The molecule has 220 valence electrons. The van der Waals surface area contributed by atoms with E-state index < -0.39 is 10.8 Å². The van der Waals surface area contributed by atoms with Crippen molar-refractivity contribution < 1.29 is 28.6 Å². The highest BCUT2D eigenvalue weighted by molar-refractivity contribution is 5.80. The average molecular weight is 553 g/mol. The summed E-state index contributed by atoms with van der Waals surface area (Å²) in [5.41, 5.74) is 2.03. The van der Waals surface area contributed by atoms with E-state index in [9.17, 15) is 14.4 Å². The molecule has 0 spiro atoms. The van der Waals surface area contributed by atoms with E-state index in [4.69, 9.17) is 14.2 Å². The lowest BCUT2D eigenvalue weighted by molar-refractivity contribution is -0.214. The largest absolute Gasteiger partial charge is 0.465 e. The van der Waals surface area contributed by atoms with E-state index in [-0.39, 0.29) is 64.3 Å². The summed E-state index contributed by atoms with van der Waals surface area (Å²) in [6.45, 7) is 17.3. The molecule has 0 radical (unpaired) electrons. The Morgan fingerprint density at radius 1 is 0.975 bits per heavy atom. The molecule has 0 aromatic rings. The Kier molecular flexibility index (Phi) is 5.94. The first-order valence-electron chi connectivity index (χ1n) is 15.5. The van der Waals surface area contributed by atoms with Crippen molar-refractivity contribution in [2.45, 2.75) is 119 Å². The van der Waals surface area contributed by atoms with Gasteiger partial charge in [-0.25, -0.2) is 0 Å². The van der Waals surface area contributed by atoms with Crippen LogP contribution in [0, 0.1) is 44.3 Å². The van der Waals surface area contributed by atoms with Gasteiger partial charge < -0.3 is 14.2 Å². The normalized spacial score (nSPS) is 50.6. The van der Waals surface area contributed by atoms with Crippen LogP contribution < -0.4 is 0 Å². The van der Waals surface area contributed by atoms with E-state index in [1.165, 1.54) is 25.0 Å². The van der Waals surface area contributed by atoms with E-state index in [0.29, 0.717) is 5.92 Å². The Hall–Kier alpha value is -2.11. The molecule has 1 saturated heterocycles. The first-order valence-corrected chi connectivity index (χ1v) is 15.5. The van der Waals surface area contributed by atoms with E-state index in [1.807, 2.05) is 0 Å². The minimum absolute atomic E-state index is 0.00441. The van der Waals surface area contributed by atoms with Gasteiger partial charge in [-0.1, -0.05) is 52.3 Å². The second-order valence-electron chi connectivity index (χ2n) is 15.8. The maximum Gasteiger partial charge on any atom is 0.312 e. The molecule has 4 fully saturated rings. The molecular weight excluding hydrogens is 504 g/mol. The molecule has 6 heteroatoms. The molecule has 0 N–H and O–H groups in total. The fraction of sp³-hybridized carbons (Fsp3) is 0.794. The van der Waals surface area contributed by atoms with Gasteiger partial charge >= 0.3 is 17.9 Å². The molecule has 6 rings (SSSR count). The predicted molar refractivity (Wildman–Crippen MR) is 151 cm³/mol. The highest BCUT2D eigenvalue weighted by atomic mass is 16.6. The summed E-state index contributed by atoms with van der Waals surface area (Å²) in [6.07, 6.45) is 12.2. The molecule has 0 aromatic carbocycles. The van der Waals surface area contributed by atoms with E-state index in [1.54, 1.807) is 0 Å². The maximum atomic E-state index is 12.9. The fourth-order valence-electron chi connectivity index (χ4n) is 11.0. The van der Waals surface area contributed by atoms with Crippen LogP contribution >= 0.6 is 0 Å². The molecule has 40 heavy (non-hydrogen) atoms. The van der Waals surface area contributed by atoms with Crippen LogP contribution in [-0.2, 0) is 28.6 Å². The van der Waals surface area contributed by atoms with Crippen molar-refractivity contribution in [3.63, 3.8) is 0 Å². The fourth-order valence-corrected chi connectivity index (χ4v) is 11.0. The summed E-state index contributed by atoms with van der Waals surface area (Å²) < 4.78 is 17.6. The van der Waals surface area contributed by atoms with Crippen molar-refractivity contribution in [1.29, 1.82) is 0 Å². The number of carbonyl (C=O) groups excluding carboxylic acids is 3. The zero-order chi connectivity index (χ0) is 29.1. The summed E-state index contributed by atoms with van der Waals surface area (Å²) in [5, 5.41) is 0. The summed E-state index contributed by atoms with van der Waals surface area (Å²) >= 11 is 0. The number of allylic oxidation sites excluding steroid dienone is 3. The van der Waals surface area contributed by atoms with Gasteiger partial charge in [-0.05, 0) is 85.5 Å². The van der Waals surface area contributed by atoms with Gasteiger partial charge in [0.1, 0.15) is 18.8 Å². The van der Waals surface area contributed by atoms with E-state index >= 15 is 0 Å². The minimum atomic E-state index is -0.445. The highest BCUT2D eigenvalue weighted by Crippen LogP contribution is 2.74. The van der Waals surface area contributed by atoms with Crippen molar-refractivity contribution in [2.75, 3.05) is 6.61 Å². The molecule has 5 aliphatic carbocycles. The van der Waals surface area contributed by atoms with Crippen molar-refractivity contribution in [3.05, 3.63) is 23.3 Å². The number of hydrogen-bond acceptors (Lipinski definition) is 6. The summed E-state index contributed by atoms with van der Waals surface area (Å²) in [4.78, 5) is 37.0. The Labute approximate surface area is 239 Å². The molecule has 0 unspecified atom stereocenters. The minimum Gasteiger partial charge on any atom is -0.465 e. The molecule has 1 heterocycles. The van der Waals surface area contributed by atoms with Gasteiger partial charge in [-0.2, -0.15) is 0 Å². The van der Waals surface area contributed by atoms with Crippen LogP contribution in [0.15, 0.2) is 23.3 Å². The van der Waals surface area contributed by atoms with Crippen LogP contribution in [0.4, 0.5) is 0 Å². The van der Waals surface area contributed by atoms with E-state index in [2.05, 4.69) is 53.7 Å². The molecule has 10 atom stereocenters. The molecular formula is C34H48O6. The molecule has 6 aliphatic rings. The maximum absolute atomic E-state index is 12.9. The Morgan fingerprint density at radius 2 is 1.70 bits per heavy atom. The van der Waals surface area contributed by atoms with Crippen molar-refractivity contribution in [2.24, 2.45) is 44.3 Å². The number of ether oxygens (including phenoxy) is 3. The first-order chi connectivity index (χ1) is 18.5. The van der Waals surface area contributed by atoms with Crippen LogP contribution in [0.5, 0.6) is 0 Å². The predicted octanol–water partition coefficient (Wildman–Crippen LogP) is 6.72. The van der Waals surface area contributed by atoms with Crippen molar-refractivity contribution in [1.82, 2.24) is 0 Å². The third kappa shape index (κ3) is 3.43. The van der Waals surface area contributed by atoms with Gasteiger partial charge in [0.15, 0.2) is 0 Å². The van der Waals surface area contributed by atoms with Crippen LogP contribution in [0.3, 0.4) is 0 Å². The average Bonchev–Trinajstić information content (AvgIpc) is 3.13. The second-order valence-corrected chi connectivity index (χ2v) is 15.8. The molecule has 0 amide bonds. The monoisotopic (exact) mass is 552 g/mol. The van der Waals surface area contributed by atoms with Crippen LogP contribution in [0.1, 0.15) is 107 Å². The Morgan fingerprint density at radius 3 is 2.38 bits per heavy atom. The van der Waals surface area contributed by atoms with Gasteiger partial charge in [0.2, 0.25) is 0 Å². The lowest BCUT2D eigenvalue weighted by Gasteiger charge is -2.69. The zero-order valence-corrected chi connectivity index (χ0v) is 25.8. The first kappa shape index (κ1) is 28.0. The molecule has 3 saturated carbocycles. The number of fused-ring (bicyclic) bond motifs is 9. The molecule has 6 nitrogen and oxygen atoms in total. The van der Waals surface area contributed by atoms with Gasteiger partial charge in [0, 0.05) is 31.1 Å². The van der Waals surface area contributed by atoms with Gasteiger partial charge in [0.25, 0.3) is 0 Å². The number of rotatable bonds is 3. The third-order valence-corrected chi connectivity index (χ3v) is 13.6. The molecule has 1 aliphatic heterocycles. The van der Waals surface area contributed by atoms with Crippen LogP contribution in [0.2, 0.25) is 0 Å².